The highest BCUT2D eigenvalue weighted by atomic mass is 32.2. The Kier molecular flexibility index (Phi) is 4.61. The number of nitrogens with one attached hydrogen (secondary N) is 1. The summed E-state index contributed by atoms with van der Waals surface area (Å²) in [6.45, 7) is 3.76. The molecule has 0 saturated heterocycles. The second-order valence-corrected chi connectivity index (χ2v) is 6.20. The van der Waals surface area contributed by atoms with E-state index in [0.29, 0.717) is 10.9 Å². The van der Waals surface area contributed by atoms with Crippen LogP contribution in [0.1, 0.15) is 11.4 Å². The number of hydrogen-bond acceptors (Lipinski definition) is 7. The van der Waals surface area contributed by atoms with Crippen molar-refractivity contribution in [3.8, 4) is 0 Å². The molecule has 3 rings (SSSR count). The highest BCUT2D eigenvalue weighted by molar-refractivity contribution is 7.99. The average molecular weight is 358 g/mol. The van der Waals surface area contributed by atoms with Crippen molar-refractivity contribution in [2.45, 2.75) is 19.0 Å². The van der Waals surface area contributed by atoms with E-state index in [1.807, 2.05) is 19.9 Å². The first-order chi connectivity index (χ1) is 11.9. The Balaban J connectivity index is 1.69. The van der Waals surface area contributed by atoms with Crippen molar-refractivity contribution in [2.24, 2.45) is 0 Å². The van der Waals surface area contributed by atoms with E-state index >= 15 is 0 Å². The van der Waals surface area contributed by atoms with Gasteiger partial charge in [0.15, 0.2) is 0 Å². The number of carbonyl (C=O) groups excluding carboxylic acids is 1. The number of para-hydroxylation sites is 2. The van der Waals surface area contributed by atoms with Crippen LogP contribution < -0.4 is 5.32 Å². The van der Waals surface area contributed by atoms with Crippen LogP contribution in [0.25, 0.3) is 5.78 Å². The molecule has 0 atom stereocenters. The average Bonchev–Trinajstić information content (AvgIpc) is 2.96. The van der Waals surface area contributed by atoms with E-state index in [4.69, 9.17) is 0 Å². The van der Waals surface area contributed by atoms with Crippen LogP contribution in [0.4, 0.5) is 11.4 Å². The smallest absolute Gasteiger partial charge is 0.292 e. The summed E-state index contributed by atoms with van der Waals surface area (Å²) in [4.78, 5) is 31.0. The van der Waals surface area contributed by atoms with Crippen molar-refractivity contribution >= 4 is 34.8 Å². The fourth-order valence-corrected chi connectivity index (χ4v) is 2.88. The monoisotopic (exact) mass is 358 g/mol. The number of carbonyl (C=O) groups is 1. The molecule has 1 aromatic carbocycles. The van der Waals surface area contributed by atoms with Gasteiger partial charge in [-0.25, -0.2) is 9.50 Å². The van der Waals surface area contributed by atoms with Gasteiger partial charge in [0.1, 0.15) is 5.69 Å². The third-order valence-corrected chi connectivity index (χ3v) is 4.14. The number of aryl methyl sites for hydroxylation is 2. The van der Waals surface area contributed by atoms with Crippen LogP contribution in [0.3, 0.4) is 0 Å². The summed E-state index contributed by atoms with van der Waals surface area (Å²) in [5.74, 6) is 0.124. The number of hydrogen-bond donors (Lipinski definition) is 1. The summed E-state index contributed by atoms with van der Waals surface area (Å²) in [6, 6.07) is 7.87. The lowest BCUT2D eigenvalue weighted by atomic mass is 10.2. The van der Waals surface area contributed by atoms with Crippen LogP contribution in [0.15, 0.2) is 35.5 Å². The number of nitrogens with zero attached hydrogens (tertiary/aromatic N) is 5. The summed E-state index contributed by atoms with van der Waals surface area (Å²) in [5.41, 5.74) is 1.74. The van der Waals surface area contributed by atoms with Crippen LogP contribution in [0.5, 0.6) is 0 Å². The third kappa shape index (κ3) is 3.74. The summed E-state index contributed by atoms with van der Waals surface area (Å²) < 4.78 is 1.61. The van der Waals surface area contributed by atoms with Crippen LogP contribution in [0, 0.1) is 24.0 Å². The lowest BCUT2D eigenvalue weighted by Crippen LogP contribution is -2.15. The van der Waals surface area contributed by atoms with Gasteiger partial charge in [-0.05, 0) is 26.0 Å². The van der Waals surface area contributed by atoms with E-state index in [-0.39, 0.29) is 23.0 Å². The zero-order valence-corrected chi connectivity index (χ0v) is 14.3. The van der Waals surface area contributed by atoms with Gasteiger partial charge in [0.05, 0.1) is 10.7 Å². The Bertz CT molecular complexity index is 971. The normalized spacial score (nSPS) is 10.8. The van der Waals surface area contributed by atoms with Crippen LogP contribution in [-0.4, -0.2) is 36.2 Å². The molecule has 1 N–H and O–H groups in total. The molecule has 2 heterocycles. The van der Waals surface area contributed by atoms with Crippen molar-refractivity contribution in [3.63, 3.8) is 0 Å². The Morgan fingerprint density at radius 2 is 2.08 bits per heavy atom. The molecule has 0 saturated carbocycles. The molecule has 0 aliphatic heterocycles. The molecular formula is C15H14N6O3S. The van der Waals surface area contributed by atoms with E-state index < -0.39 is 4.92 Å². The summed E-state index contributed by atoms with van der Waals surface area (Å²) >= 11 is 1.14. The fourth-order valence-electron chi connectivity index (χ4n) is 2.26. The van der Waals surface area contributed by atoms with Gasteiger partial charge in [-0.1, -0.05) is 23.9 Å². The standard InChI is InChI=1S/C15H14N6O3S/c1-9-7-10(2)20-14(16-9)18-15(19-20)25-8-13(22)17-11-5-3-4-6-12(11)21(23)24/h3-7H,8H2,1-2H3,(H,17,22). The van der Waals surface area contributed by atoms with Crippen molar-refractivity contribution in [2.75, 3.05) is 11.1 Å². The second kappa shape index (κ2) is 6.85. The van der Waals surface area contributed by atoms with E-state index in [2.05, 4.69) is 20.4 Å². The lowest BCUT2D eigenvalue weighted by molar-refractivity contribution is -0.383. The third-order valence-electron chi connectivity index (χ3n) is 3.31. The van der Waals surface area contributed by atoms with Gasteiger partial charge in [-0.2, -0.15) is 4.98 Å². The van der Waals surface area contributed by atoms with E-state index in [0.717, 1.165) is 23.1 Å². The lowest BCUT2D eigenvalue weighted by Gasteiger charge is -2.04. The van der Waals surface area contributed by atoms with Gasteiger partial charge in [-0.15, -0.1) is 5.10 Å². The molecule has 128 valence electrons. The molecular weight excluding hydrogens is 344 g/mol. The Morgan fingerprint density at radius 3 is 2.84 bits per heavy atom. The first-order valence-electron chi connectivity index (χ1n) is 7.31. The minimum Gasteiger partial charge on any atom is -0.320 e. The predicted molar refractivity (Wildman–Crippen MR) is 92.7 cm³/mol. The summed E-state index contributed by atoms with van der Waals surface area (Å²) in [6.07, 6.45) is 0. The van der Waals surface area contributed by atoms with E-state index in [1.165, 1.54) is 12.1 Å². The van der Waals surface area contributed by atoms with Gasteiger partial charge >= 0.3 is 0 Å². The Hall–Kier alpha value is -3.01. The molecule has 2 aromatic heterocycles. The Labute approximate surface area is 146 Å². The minimum absolute atomic E-state index is 0.0287. The first kappa shape index (κ1) is 16.8. The van der Waals surface area contributed by atoms with Crippen molar-refractivity contribution in [1.82, 2.24) is 19.6 Å². The molecule has 0 aliphatic rings. The van der Waals surface area contributed by atoms with Crippen LogP contribution >= 0.6 is 11.8 Å². The molecule has 0 fully saturated rings. The second-order valence-electron chi connectivity index (χ2n) is 5.26. The number of benzene rings is 1. The quantitative estimate of drug-likeness (QED) is 0.423. The van der Waals surface area contributed by atoms with Crippen molar-refractivity contribution in [3.05, 3.63) is 51.8 Å². The van der Waals surface area contributed by atoms with Crippen molar-refractivity contribution in [1.29, 1.82) is 0 Å². The molecule has 0 unspecified atom stereocenters. The molecule has 0 radical (unpaired) electrons. The molecule has 10 heteroatoms. The van der Waals surface area contributed by atoms with Gasteiger partial charge < -0.3 is 5.32 Å². The van der Waals surface area contributed by atoms with Crippen molar-refractivity contribution < 1.29 is 9.72 Å². The molecule has 0 aliphatic carbocycles. The molecule has 1 amide bonds. The highest BCUT2D eigenvalue weighted by Crippen LogP contribution is 2.23. The van der Waals surface area contributed by atoms with Crippen LogP contribution in [-0.2, 0) is 4.79 Å². The molecule has 0 bridgehead atoms. The van der Waals surface area contributed by atoms with Gasteiger partial charge in [0.25, 0.3) is 11.5 Å². The zero-order valence-electron chi connectivity index (χ0n) is 13.5. The molecule has 25 heavy (non-hydrogen) atoms. The minimum atomic E-state index is -0.538. The zero-order chi connectivity index (χ0) is 18.0. The van der Waals surface area contributed by atoms with Gasteiger partial charge in [-0.3, -0.25) is 14.9 Å². The molecule has 0 spiro atoms. The number of anilines is 1. The number of thioether (sulfide) groups is 1. The maximum absolute atomic E-state index is 12.1. The summed E-state index contributed by atoms with van der Waals surface area (Å²) in [7, 11) is 0. The topological polar surface area (TPSA) is 115 Å². The number of nitro groups is 1. The number of rotatable bonds is 5. The number of nitro benzene ring substituents is 1. The largest absolute Gasteiger partial charge is 0.320 e. The number of aromatic nitrogens is 4. The first-order valence-corrected chi connectivity index (χ1v) is 8.29. The number of amides is 1. The summed E-state index contributed by atoms with van der Waals surface area (Å²) in [5, 5.41) is 18.2. The predicted octanol–water partition coefficient (Wildman–Crippen LogP) is 2.38. The number of fused-ring (bicyclic) bond motifs is 1. The maximum Gasteiger partial charge on any atom is 0.292 e. The molecule has 3 aromatic rings. The fraction of sp³-hybridized carbons (Fsp3) is 0.200. The van der Waals surface area contributed by atoms with Gasteiger partial charge in [0, 0.05) is 17.5 Å². The van der Waals surface area contributed by atoms with Crippen LogP contribution in [0.2, 0.25) is 0 Å². The highest BCUT2D eigenvalue weighted by Gasteiger charge is 2.16. The molecule has 9 nitrogen and oxygen atoms in total. The van der Waals surface area contributed by atoms with Gasteiger partial charge in [0.2, 0.25) is 11.1 Å². The SMILES string of the molecule is Cc1cc(C)n2nc(SCC(=O)Nc3ccccc3[N+](=O)[O-])nc2n1. The van der Waals surface area contributed by atoms with E-state index in [1.54, 1.807) is 16.6 Å². The Morgan fingerprint density at radius 1 is 1.32 bits per heavy atom. The maximum atomic E-state index is 12.1. The van der Waals surface area contributed by atoms with E-state index in [9.17, 15) is 14.9 Å².